The average molecular weight is 707 g/mol. The van der Waals surface area contributed by atoms with Crippen LogP contribution in [0.1, 0.15) is 18.9 Å². The Hall–Kier alpha value is -2.20. The summed E-state index contributed by atoms with van der Waals surface area (Å²) < 4.78 is 9.01. The third kappa shape index (κ3) is 4.10. The van der Waals surface area contributed by atoms with E-state index in [1.54, 1.807) is 31.2 Å². The van der Waals surface area contributed by atoms with Crippen LogP contribution < -0.4 is 19.3 Å². The maximum Gasteiger partial charge on any atom is 0.316 e. The fourth-order valence-corrected chi connectivity index (χ4v) is 9.31. The van der Waals surface area contributed by atoms with Crippen molar-refractivity contribution < 1.29 is 28.7 Å². The largest absolute Gasteiger partial charge is 0.494 e. The third-order valence-electron chi connectivity index (χ3n) is 8.45. The van der Waals surface area contributed by atoms with Gasteiger partial charge in [-0.1, -0.05) is 46.4 Å². The van der Waals surface area contributed by atoms with E-state index < -0.39 is 49.6 Å². The standard InChI is InChI=1S/C29H22Cl6N2O6/c1-3-42-16-6-4-15(5-7-16)36-12-14(11-19(36)38)26(41)43-17-8-9-18(13(2)10-17)37-24(39)20-21(25(37)40)28(33)23(31)22(30)27(20,32)29(28,34)35/h4-10,14,20-21H,3,11-12H2,1-2H3/t14-,20-,21-,27-,28-/m1/s1. The summed E-state index contributed by atoms with van der Waals surface area (Å²) in [6.45, 7) is 4.20. The Morgan fingerprint density at radius 2 is 1.47 bits per heavy atom. The molecular formula is C29H22Cl6N2O6. The van der Waals surface area contributed by atoms with Crippen molar-refractivity contribution in [3.8, 4) is 11.5 Å². The number of halogens is 6. The number of esters is 1. The lowest BCUT2D eigenvalue weighted by Gasteiger charge is -2.34. The first-order valence-electron chi connectivity index (χ1n) is 13.2. The van der Waals surface area contributed by atoms with Gasteiger partial charge in [0, 0.05) is 18.7 Å². The lowest BCUT2D eigenvalue weighted by molar-refractivity contribution is -0.139. The smallest absolute Gasteiger partial charge is 0.316 e. The van der Waals surface area contributed by atoms with E-state index in [2.05, 4.69) is 0 Å². The van der Waals surface area contributed by atoms with Crippen molar-refractivity contribution in [3.63, 3.8) is 0 Å². The molecule has 0 unspecified atom stereocenters. The Kier molecular flexibility index (Phi) is 7.47. The number of amides is 3. The van der Waals surface area contributed by atoms with Crippen molar-refractivity contribution >= 4 is 105 Å². The number of fused-ring (bicyclic) bond motifs is 5. The van der Waals surface area contributed by atoms with E-state index in [1.165, 1.54) is 23.1 Å². The van der Waals surface area contributed by atoms with Crippen LogP contribution in [-0.2, 0) is 19.2 Å². The number of carbonyl (C=O) groups is 4. The number of anilines is 2. The van der Waals surface area contributed by atoms with Crippen LogP contribution in [-0.4, -0.2) is 50.9 Å². The van der Waals surface area contributed by atoms with E-state index in [-0.39, 0.29) is 40.4 Å². The number of benzene rings is 2. The highest BCUT2D eigenvalue weighted by Gasteiger charge is 2.87. The molecule has 226 valence electrons. The first kappa shape index (κ1) is 30.8. The van der Waals surface area contributed by atoms with E-state index in [1.807, 2.05) is 6.92 Å². The number of allylic oxidation sites excluding steroid dienone is 2. The van der Waals surface area contributed by atoms with Crippen LogP contribution in [0.5, 0.6) is 11.5 Å². The van der Waals surface area contributed by atoms with Crippen molar-refractivity contribution in [1.82, 2.24) is 0 Å². The quantitative estimate of drug-likeness (QED) is 0.152. The van der Waals surface area contributed by atoms with Crippen LogP contribution in [0.3, 0.4) is 0 Å². The van der Waals surface area contributed by atoms with Gasteiger partial charge in [0.25, 0.3) is 0 Å². The van der Waals surface area contributed by atoms with Crippen molar-refractivity contribution in [3.05, 3.63) is 58.1 Å². The zero-order valence-electron chi connectivity index (χ0n) is 22.5. The van der Waals surface area contributed by atoms with Crippen LogP contribution in [0.4, 0.5) is 11.4 Å². The first-order chi connectivity index (χ1) is 20.2. The molecule has 0 radical (unpaired) electrons. The molecule has 2 bridgehead atoms. The van der Waals surface area contributed by atoms with Crippen molar-refractivity contribution in [2.24, 2.45) is 17.8 Å². The molecule has 5 atom stereocenters. The van der Waals surface area contributed by atoms with Crippen LogP contribution >= 0.6 is 69.6 Å². The lowest BCUT2D eigenvalue weighted by atomic mass is 9.84. The number of hydrogen-bond acceptors (Lipinski definition) is 6. The predicted molar refractivity (Wildman–Crippen MR) is 165 cm³/mol. The minimum Gasteiger partial charge on any atom is -0.494 e. The van der Waals surface area contributed by atoms with E-state index in [0.29, 0.717) is 23.6 Å². The monoisotopic (exact) mass is 704 g/mol. The van der Waals surface area contributed by atoms with Crippen LogP contribution in [0, 0.1) is 24.7 Å². The van der Waals surface area contributed by atoms with E-state index in [0.717, 1.165) is 4.90 Å². The number of hydrogen-bond donors (Lipinski definition) is 0. The molecule has 2 aliphatic heterocycles. The summed E-state index contributed by atoms with van der Waals surface area (Å²) >= 11 is 39.4. The summed E-state index contributed by atoms with van der Waals surface area (Å²) in [5.41, 5.74) is 1.32. The Morgan fingerprint density at radius 1 is 0.907 bits per heavy atom. The van der Waals surface area contributed by atoms with Gasteiger partial charge in [-0.25, -0.2) is 4.90 Å². The highest BCUT2D eigenvalue weighted by molar-refractivity contribution is 6.67. The maximum atomic E-state index is 13.7. The lowest BCUT2D eigenvalue weighted by Crippen LogP contribution is -2.50. The van der Waals surface area contributed by atoms with Crippen LogP contribution in [0.25, 0.3) is 0 Å². The van der Waals surface area contributed by atoms with Gasteiger partial charge in [0.1, 0.15) is 21.2 Å². The highest BCUT2D eigenvalue weighted by atomic mass is 35.5. The van der Waals surface area contributed by atoms with E-state index >= 15 is 0 Å². The molecule has 14 heteroatoms. The fraction of sp³-hybridized carbons (Fsp3) is 0.379. The third-order valence-corrected chi connectivity index (χ3v) is 12.7. The molecule has 0 spiro atoms. The second-order valence-corrected chi connectivity index (χ2v) is 14.1. The fourth-order valence-electron chi connectivity index (χ4n) is 6.38. The van der Waals surface area contributed by atoms with E-state index in [9.17, 15) is 19.2 Å². The second-order valence-electron chi connectivity index (χ2n) is 10.8. The van der Waals surface area contributed by atoms with Crippen LogP contribution in [0.15, 0.2) is 52.5 Å². The number of alkyl halides is 4. The molecule has 3 fully saturated rings. The van der Waals surface area contributed by atoms with Gasteiger partial charge in [-0.05, 0) is 61.9 Å². The molecule has 2 heterocycles. The molecular weight excluding hydrogens is 685 g/mol. The molecule has 2 aromatic rings. The summed E-state index contributed by atoms with van der Waals surface area (Å²) in [6, 6.07) is 11.5. The molecule has 2 saturated heterocycles. The first-order valence-corrected chi connectivity index (χ1v) is 15.5. The van der Waals surface area contributed by atoms with Gasteiger partial charge in [0.15, 0.2) is 4.33 Å². The Balaban J connectivity index is 1.18. The Bertz CT molecular complexity index is 1580. The normalized spacial score (nSPS) is 30.9. The molecule has 3 amide bonds. The van der Waals surface area contributed by atoms with Gasteiger partial charge in [-0.15, -0.1) is 23.2 Å². The SMILES string of the molecule is CCOc1ccc(N2C[C@H](C(=O)Oc3ccc(N4C(=O)[C@H]5[C@H](C4=O)[C@@]4(Cl)C(Cl)=C(Cl)[C@@]5(Cl)C4(Cl)Cl)c(C)c3)CC2=O)cc1. The molecule has 0 aromatic heterocycles. The van der Waals surface area contributed by atoms with Crippen LogP contribution in [0.2, 0.25) is 0 Å². The predicted octanol–water partition coefficient (Wildman–Crippen LogP) is 6.30. The van der Waals surface area contributed by atoms with Crippen molar-refractivity contribution in [2.45, 2.75) is 34.3 Å². The molecule has 2 aromatic carbocycles. The topological polar surface area (TPSA) is 93.2 Å². The highest BCUT2D eigenvalue weighted by Crippen LogP contribution is 2.77. The molecule has 1 saturated carbocycles. The minimum atomic E-state index is -2.03. The summed E-state index contributed by atoms with van der Waals surface area (Å²) in [5, 5.41) is -0.351. The Labute approximate surface area is 276 Å². The number of rotatable bonds is 6. The molecule has 0 N–H and O–H groups in total. The van der Waals surface area contributed by atoms with Crippen molar-refractivity contribution in [2.75, 3.05) is 23.0 Å². The number of nitrogens with zero attached hydrogens (tertiary/aromatic N) is 2. The summed E-state index contributed by atoms with van der Waals surface area (Å²) in [7, 11) is 0. The average Bonchev–Trinajstić information content (AvgIpc) is 3.55. The number of aryl methyl sites for hydroxylation is 1. The van der Waals surface area contributed by atoms with Gasteiger partial charge in [-0.3, -0.25) is 19.2 Å². The second kappa shape index (κ2) is 10.4. The van der Waals surface area contributed by atoms with Gasteiger partial charge in [-0.2, -0.15) is 0 Å². The summed E-state index contributed by atoms with van der Waals surface area (Å²) in [6.07, 6.45) is -0.00912. The van der Waals surface area contributed by atoms with Gasteiger partial charge in [0.05, 0.1) is 40.1 Å². The summed E-state index contributed by atoms with van der Waals surface area (Å²) in [5.74, 6) is -4.53. The molecule has 6 rings (SSSR count). The van der Waals surface area contributed by atoms with Gasteiger partial charge in [0.2, 0.25) is 17.7 Å². The number of imide groups is 1. The summed E-state index contributed by atoms with van der Waals surface area (Å²) in [4.78, 5) is 51.7. The molecule has 43 heavy (non-hydrogen) atoms. The van der Waals surface area contributed by atoms with E-state index in [4.69, 9.17) is 79.1 Å². The maximum absolute atomic E-state index is 13.7. The zero-order chi connectivity index (χ0) is 31.2. The van der Waals surface area contributed by atoms with Crippen molar-refractivity contribution in [1.29, 1.82) is 0 Å². The minimum absolute atomic E-state index is 0.00912. The molecule has 8 nitrogen and oxygen atoms in total. The molecule has 2 aliphatic carbocycles. The molecule has 4 aliphatic rings. The zero-order valence-corrected chi connectivity index (χ0v) is 27.0. The Morgan fingerprint density at radius 3 is 2.00 bits per heavy atom. The van der Waals surface area contributed by atoms with Gasteiger partial charge < -0.3 is 14.4 Å². The van der Waals surface area contributed by atoms with Gasteiger partial charge >= 0.3 is 5.97 Å². The number of ether oxygens (including phenoxy) is 2. The number of carbonyl (C=O) groups excluding carboxylic acids is 4.